The number of hydrogen-bond acceptors (Lipinski definition) is 4. The van der Waals surface area contributed by atoms with Crippen LogP contribution >= 0.6 is 0 Å². The Bertz CT molecular complexity index is 986. The molecule has 0 aromatic heterocycles. The molecule has 0 unspecified atom stereocenters. The lowest BCUT2D eigenvalue weighted by Gasteiger charge is -2.17. The minimum absolute atomic E-state index is 0.147. The van der Waals surface area contributed by atoms with Crippen LogP contribution < -0.4 is 15.5 Å². The topological polar surface area (TPSA) is 95.6 Å². The second-order valence-corrected chi connectivity index (χ2v) is 9.22. The van der Waals surface area contributed by atoms with Gasteiger partial charge >= 0.3 is 6.03 Å². The quantitative estimate of drug-likeness (QED) is 0.758. The Morgan fingerprint density at radius 3 is 2.31 bits per heavy atom. The molecule has 29 heavy (non-hydrogen) atoms. The minimum atomic E-state index is -3.24. The molecule has 0 bridgehead atoms. The summed E-state index contributed by atoms with van der Waals surface area (Å²) in [7, 11) is -3.24. The van der Waals surface area contributed by atoms with Gasteiger partial charge in [-0.05, 0) is 48.7 Å². The van der Waals surface area contributed by atoms with Crippen LogP contribution in [0.25, 0.3) is 0 Å². The monoisotopic (exact) mass is 415 g/mol. The number of amides is 3. The van der Waals surface area contributed by atoms with Crippen molar-refractivity contribution in [2.24, 2.45) is 0 Å². The average molecular weight is 416 g/mol. The molecule has 2 aromatic carbocycles. The summed E-state index contributed by atoms with van der Waals surface area (Å²) >= 11 is 0. The Kier molecular flexibility index (Phi) is 6.22. The zero-order valence-corrected chi connectivity index (χ0v) is 17.3. The number of nitrogens with zero attached hydrogens (tertiary/aromatic N) is 1. The third kappa shape index (κ3) is 5.35. The Morgan fingerprint density at radius 1 is 1.10 bits per heavy atom. The van der Waals surface area contributed by atoms with Gasteiger partial charge in [0.25, 0.3) is 0 Å². The maximum absolute atomic E-state index is 12.2. The molecule has 2 aromatic rings. The number of urea groups is 1. The van der Waals surface area contributed by atoms with E-state index in [0.717, 1.165) is 36.0 Å². The van der Waals surface area contributed by atoms with Gasteiger partial charge in [0, 0.05) is 31.5 Å². The molecule has 0 spiro atoms. The van der Waals surface area contributed by atoms with Crippen molar-refractivity contribution in [1.82, 2.24) is 10.6 Å². The smallest absolute Gasteiger partial charge is 0.315 e. The van der Waals surface area contributed by atoms with Gasteiger partial charge in [-0.1, -0.05) is 24.3 Å². The lowest BCUT2D eigenvalue weighted by Crippen LogP contribution is -2.36. The van der Waals surface area contributed by atoms with E-state index in [0.29, 0.717) is 13.0 Å². The highest BCUT2D eigenvalue weighted by Crippen LogP contribution is 2.21. The second kappa shape index (κ2) is 8.65. The van der Waals surface area contributed by atoms with Gasteiger partial charge in [0.05, 0.1) is 10.9 Å². The third-order valence-corrected chi connectivity index (χ3v) is 6.06. The van der Waals surface area contributed by atoms with Gasteiger partial charge in [0.15, 0.2) is 9.84 Å². The molecular formula is C21H25N3O4S. The number of sulfone groups is 1. The Morgan fingerprint density at radius 2 is 1.76 bits per heavy atom. The van der Waals surface area contributed by atoms with E-state index < -0.39 is 9.84 Å². The summed E-state index contributed by atoms with van der Waals surface area (Å²) in [4.78, 5) is 26.0. The molecule has 8 heteroatoms. The fourth-order valence-corrected chi connectivity index (χ4v) is 3.86. The number of carbonyl (C=O) groups excluding carboxylic acids is 2. The molecule has 3 amide bonds. The molecule has 1 atom stereocenters. The standard InChI is InChI=1S/C21H25N3O4S/c1-15(17-7-11-19(12-8-17)29(2,27)28)23-21(26)22-14-16-5-9-18(10-6-16)24-13-3-4-20(24)25/h5-12,15H,3-4,13-14H2,1-2H3,(H2,22,23,26)/t15-/m0/s1. The van der Waals surface area contributed by atoms with Gasteiger partial charge in [0.1, 0.15) is 0 Å². The molecule has 1 aliphatic rings. The summed E-state index contributed by atoms with van der Waals surface area (Å²) in [5, 5.41) is 5.64. The zero-order valence-electron chi connectivity index (χ0n) is 16.5. The number of nitrogens with one attached hydrogen (secondary N) is 2. The molecule has 7 nitrogen and oxygen atoms in total. The first-order valence-corrected chi connectivity index (χ1v) is 11.4. The predicted molar refractivity (Wildman–Crippen MR) is 111 cm³/mol. The van der Waals surface area contributed by atoms with Crippen molar-refractivity contribution in [2.75, 3.05) is 17.7 Å². The summed E-state index contributed by atoms with van der Waals surface area (Å²) in [5.41, 5.74) is 2.62. The van der Waals surface area contributed by atoms with E-state index in [1.165, 1.54) is 12.1 Å². The van der Waals surface area contributed by atoms with Crippen molar-refractivity contribution in [3.63, 3.8) is 0 Å². The molecule has 1 saturated heterocycles. The Labute approximate surface area is 171 Å². The maximum Gasteiger partial charge on any atom is 0.315 e. The highest BCUT2D eigenvalue weighted by Gasteiger charge is 2.21. The number of carbonyl (C=O) groups is 2. The zero-order chi connectivity index (χ0) is 21.0. The van der Waals surface area contributed by atoms with Crippen molar-refractivity contribution >= 4 is 27.5 Å². The van der Waals surface area contributed by atoms with E-state index >= 15 is 0 Å². The highest BCUT2D eigenvalue weighted by molar-refractivity contribution is 7.90. The predicted octanol–water partition coefficient (Wildman–Crippen LogP) is 2.78. The van der Waals surface area contributed by atoms with Crippen molar-refractivity contribution in [1.29, 1.82) is 0 Å². The summed E-state index contributed by atoms with van der Waals surface area (Å²) in [5.74, 6) is 0.147. The second-order valence-electron chi connectivity index (χ2n) is 7.21. The van der Waals surface area contributed by atoms with Gasteiger partial charge in [-0.25, -0.2) is 13.2 Å². The Hall–Kier alpha value is -2.87. The first-order valence-electron chi connectivity index (χ1n) is 9.48. The molecule has 2 N–H and O–H groups in total. The van der Waals surface area contributed by atoms with Crippen LogP contribution in [0.4, 0.5) is 10.5 Å². The van der Waals surface area contributed by atoms with Crippen molar-refractivity contribution in [2.45, 2.75) is 37.2 Å². The van der Waals surface area contributed by atoms with E-state index in [1.807, 2.05) is 31.2 Å². The Balaban J connectivity index is 1.51. The van der Waals surface area contributed by atoms with E-state index in [-0.39, 0.29) is 22.9 Å². The van der Waals surface area contributed by atoms with Crippen LogP contribution in [0.15, 0.2) is 53.4 Å². The lowest BCUT2D eigenvalue weighted by molar-refractivity contribution is -0.117. The summed E-state index contributed by atoms with van der Waals surface area (Å²) in [6.45, 7) is 2.94. The fourth-order valence-electron chi connectivity index (χ4n) is 3.23. The third-order valence-electron chi connectivity index (χ3n) is 4.93. The molecule has 0 aliphatic carbocycles. The number of rotatable bonds is 6. The SMILES string of the molecule is C[C@H](NC(=O)NCc1ccc(N2CCCC2=O)cc1)c1ccc(S(C)(=O)=O)cc1. The van der Waals surface area contributed by atoms with Gasteiger partial charge in [-0.15, -0.1) is 0 Å². The van der Waals surface area contributed by atoms with Crippen LogP contribution in [0.1, 0.15) is 36.9 Å². The average Bonchev–Trinajstić information content (AvgIpc) is 3.12. The number of hydrogen-bond donors (Lipinski definition) is 2. The molecular weight excluding hydrogens is 390 g/mol. The largest absolute Gasteiger partial charge is 0.334 e. The molecule has 1 heterocycles. The first-order chi connectivity index (χ1) is 13.7. The highest BCUT2D eigenvalue weighted by atomic mass is 32.2. The maximum atomic E-state index is 12.2. The molecule has 3 rings (SSSR count). The fraction of sp³-hybridized carbons (Fsp3) is 0.333. The van der Waals surface area contributed by atoms with Crippen molar-refractivity contribution < 1.29 is 18.0 Å². The van der Waals surface area contributed by atoms with Crippen LogP contribution in [0.5, 0.6) is 0 Å². The molecule has 1 fully saturated rings. The summed E-state index contributed by atoms with van der Waals surface area (Å²) < 4.78 is 23.0. The van der Waals surface area contributed by atoms with Gasteiger partial charge in [-0.3, -0.25) is 4.79 Å². The van der Waals surface area contributed by atoms with Crippen molar-refractivity contribution in [3.8, 4) is 0 Å². The van der Waals surface area contributed by atoms with Crippen LogP contribution in [0.2, 0.25) is 0 Å². The van der Waals surface area contributed by atoms with Gasteiger partial charge in [0.2, 0.25) is 5.91 Å². The minimum Gasteiger partial charge on any atom is -0.334 e. The van der Waals surface area contributed by atoms with E-state index in [4.69, 9.17) is 0 Å². The number of benzene rings is 2. The van der Waals surface area contributed by atoms with Crippen LogP contribution in [0, 0.1) is 0 Å². The van der Waals surface area contributed by atoms with E-state index in [2.05, 4.69) is 10.6 Å². The van der Waals surface area contributed by atoms with E-state index in [9.17, 15) is 18.0 Å². The van der Waals surface area contributed by atoms with E-state index in [1.54, 1.807) is 17.0 Å². The van der Waals surface area contributed by atoms with Crippen molar-refractivity contribution in [3.05, 3.63) is 59.7 Å². The molecule has 1 aliphatic heterocycles. The molecule has 0 saturated carbocycles. The molecule has 154 valence electrons. The summed E-state index contributed by atoms with van der Waals surface area (Å²) in [6, 6.07) is 13.5. The van der Waals surface area contributed by atoms with Crippen LogP contribution in [-0.2, 0) is 21.2 Å². The van der Waals surface area contributed by atoms with Crippen LogP contribution in [0.3, 0.4) is 0 Å². The number of anilines is 1. The van der Waals surface area contributed by atoms with Gasteiger partial charge in [-0.2, -0.15) is 0 Å². The summed E-state index contributed by atoms with van der Waals surface area (Å²) in [6.07, 6.45) is 2.64. The molecule has 0 radical (unpaired) electrons. The first kappa shape index (κ1) is 20.9. The lowest BCUT2D eigenvalue weighted by atomic mass is 10.1. The normalized spacial score (nSPS) is 15.2. The van der Waals surface area contributed by atoms with Gasteiger partial charge < -0.3 is 15.5 Å². The van der Waals surface area contributed by atoms with Crippen LogP contribution in [-0.4, -0.2) is 33.2 Å².